The molecule has 1 N–H and O–H groups in total. The molecule has 0 radical (unpaired) electrons. The molecule has 0 spiro atoms. The standard InChI is InChI=1S/C18H21ClN2O4S/c1-2-26(23,24)20-15-4-3-11-21(12-15)18(22)17-10-9-16(25-17)13-5-7-14(19)8-6-13/h5-10,15,20H,2-4,11-12H2,1H3/t15-/m0/s1. The highest BCUT2D eigenvalue weighted by atomic mass is 35.5. The van der Waals surface area contributed by atoms with Gasteiger partial charge in [0.2, 0.25) is 10.0 Å². The molecule has 1 aromatic carbocycles. The number of likely N-dealkylation sites (tertiary alicyclic amines) is 1. The number of benzene rings is 1. The van der Waals surface area contributed by atoms with Crippen molar-refractivity contribution in [2.75, 3.05) is 18.8 Å². The first-order valence-corrected chi connectivity index (χ1v) is 10.6. The highest BCUT2D eigenvalue weighted by molar-refractivity contribution is 7.89. The molecular formula is C18H21ClN2O4S. The number of carbonyl (C=O) groups is 1. The largest absolute Gasteiger partial charge is 0.451 e. The van der Waals surface area contributed by atoms with Crippen LogP contribution < -0.4 is 4.72 Å². The van der Waals surface area contributed by atoms with E-state index in [1.165, 1.54) is 0 Å². The second kappa shape index (κ2) is 7.82. The molecule has 2 aromatic rings. The van der Waals surface area contributed by atoms with Crippen molar-refractivity contribution in [3.63, 3.8) is 0 Å². The monoisotopic (exact) mass is 396 g/mol. The van der Waals surface area contributed by atoms with Crippen molar-refractivity contribution in [1.82, 2.24) is 9.62 Å². The summed E-state index contributed by atoms with van der Waals surface area (Å²) in [5.74, 6) is 0.630. The van der Waals surface area contributed by atoms with Gasteiger partial charge in [-0.1, -0.05) is 11.6 Å². The number of hydrogen-bond donors (Lipinski definition) is 1. The maximum atomic E-state index is 12.7. The molecule has 0 aliphatic carbocycles. The van der Waals surface area contributed by atoms with Gasteiger partial charge in [-0.05, 0) is 56.2 Å². The lowest BCUT2D eigenvalue weighted by molar-refractivity contribution is 0.0672. The molecule has 1 aliphatic rings. The Labute approximate surface area is 158 Å². The van der Waals surface area contributed by atoms with Crippen molar-refractivity contribution in [2.24, 2.45) is 0 Å². The fourth-order valence-corrected chi connectivity index (χ4v) is 3.97. The summed E-state index contributed by atoms with van der Waals surface area (Å²) in [7, 11) is -3.29. The lowest BCUT2D eigenvalue weighted by atomic mass is 10.1. The van der Waals surface area contributed by atoms with E-state index in [9.17, 15) is 13.2 Å². The van der Waals surface area contributed by atoms with E-state index in [0.29, 0.717) is 23.9 Å². The predicted molar refractivity (Wildman–Crippen MR) is 101 cm³/mol. The summed E-state index contributed by atoms with van der Waals surface area (Å²) in [6, 6.07) is 10.3. The van der Waals surface area contributed by atoms with Crippen molar-refractivity contribution in [3.05, 3.63) is 47.2 Å². The van der Waals surface area contributed by atoms with Crippen molar-refractivity contribution >= 4 is 27.5 Å². The van der Waals surface area contributed by atoms with Gasteiger partial charge >= 0.3 is 0 Å². The molecular weight excluding hydrogens is 376 g/mol. The molecule has 1 fully saturated rings. The normalized spacial score (nSPS) is 18.1. The molecule has 1 aliphatic heterocycles. The SMILES string of the molecule is CCS(=O)(=O)N[C@H]1CCCN(C(=O)c2ccc(-c3ccc(Cl)cc3)o2)C1. The number of nitrogens with zero attached hydrogens (tertiary/aromatic N) is 1. The highest BCUT2D eigenvalue weighted by Gasteiger charge is 2.28. The summed E-state index contributed by atoms with van der Waals surface area (Å²) in [6.45, 7) is 2.52. The van der Waals surface area contributed by atoms with Crippen LogP contribution in [0.25, 0.3) is 11.3 Å². The minimum absolute atomic E-state index is 0.0279. The van der Waals surface area contributed by atoms with Crippen LogP contribution in [0, 0.1) is 0 Å². The zero-order chi connectivity index (χ0) is 18.7. The van der Waals surface area contributed by atoms with Gasteiger partial charge < -0.3 is 9.32 Å². The third kappa shape index (κ3) is 4.47. The number of piperidine rings is 1. The van der Waals surface area contributed by atoms with E-state index in [2.05, 4.69) is 4.72 Å². The Morgan fingerprint density at radius 3 is 2.69 bits per heavy atom. The maximum absolute atomic E-state index is 12.7. The minimum atomic E-state index is -3.29. The number of hydrogen-bond acceptors (Lipinski definition) is 4. The first-order chi connectivity index (χ1) is 12.4. The quantitative estimate of drug-likeness (QED) is 0.841. The van der Waals surface area contributed by atoms with E-state index in [1.807, 2.05) is 12.1 Å². The van der Waals surface area contributed by atoms with Crippen LogP contribution in [0.3, 0.4) is 0 Å². The van der Waals surface area contributed by atoms with Gasteiger partial charge in [-0.25, -0.2) is 13.1 Å². The van der Waals surface area contributed by atoms with Gasteiger partial charge in [0.1, 0.15) is 5.76 Å². The Morgan fingerprint density at radius 2 is 2.00 bits per heavy atom. The molecule has 140 valence electrons. The van der Waals surface area contributed by atoms with Crippen LogP contribution in [-0.4, -0.2) is 44.1 Å². The van der Waals surface area contributed by atoms with Crippen LogP contribution in [-0.2, 0) is 10.0 Å². The van der Waals surface area contributed by atoms with Gasteiger partial charge in [-0.2, -0.15) is 0 Å². The van der Waals surface area contributed by atoms with Crippen LogP contribution >= 0.6 is 11.6 Å². The van der Waals surface area contributed by atoms with E-state index in [0.717, 1.165) is 18.4 Å². The topological polar surface area (TPSA) is 79.6 Å². The number of amides is 1. The first kappa shape index (κ1) is 18.9. The molecule has 0 bridgehead atoms. The molecule has 8 heteroatoms. The average Bonchev–Trinajstić information content (AvgIpc) is 3.11. The van der Waals surface area contributed by atoms with E-state index in [-0.39, 0.29) is 23.5 Å². The molecule has 3 rings (SSSR count). The van der Waals surface area contributed by atoms with Crippen LogP contribution in [0.15, 0.2) is 40.8 Å². The molecule has 1 saturated heterocycles. The third-order valence-electron chi connectivity index (χ3n) is 4.38. The number of furan rings is 1. The van der Waals surface area contributed by atoms with Crippen LogP contribution in [0.2, 0.25) is 5.02 Å². The Hall–Kier alpha value is -1.83. The predicted octanol–water partition coefficient (Wildman–Crippen LogP) is 3.14. The number of sulfonamides is 1. The van der Waals surface area contributed by atoms with Crippen LogP contribution in [0.1, 0.15) is 30.3 Å². The Kier molecular flexibility index (Phi) is 5.70. The summed E-state index contributed by atoms with van der Waals surface area (Å²) in [6.07, 6.45) is 1.46. The average molecular weight is 397 g/mol. The smallest absolute Gasteiger partial charge is 0.289 e. The Bertz CT molecular complexity index is 877. The Balaban J connectivity index is 1.70. The van der Waals surface area contributed by atoms with Crippen molar-refractivity contribution in [1.29, 1.82) is 0 Å². The number of nitrogens with one attached hydrogen (secondary N) is 1. The maximum Gasteiger partial charge on any atom is 0.289 e. The third-order valence-corrected chi connectivity index (χ3v) is 6.08. The van der Waals surface area contributed by atoms with Crippen LogP contribution in [0.4, 0.5) is 0 Å². The molecule has 0 saturated carbocycles. The van der Waals surface area contributed by atoms with Crippen molar-refractivity contribution in [2.45, 2.75) is 25.8 Å². The van der Waals surface area contributed by atoms with Gasteiger partial charge in [0, 0.05) is 29.7 Å². The lowest BCUT2D eigenvalue weighted by Gasteiger charge is -2.32. The number of carbonyl (C=O) groups excluding carboxylic acids is 1. The highest BCUT2D eigenvalue weighted by Crippen LogP contribution is 2.25. The first-order valence-electron chi connectivity index (χ1n) is 8.53. The second-order valence-electron chi connectivity index (χ2n) is 6.28. The fraction of sp³-hybridized carbons (Fsp3) is 0.389. The molecule has 1 aromatic heterocycles. The number of rotatable bonds is 5. The minimum Gasteiger partial charge on any atom is -0.451 e. The summed E-state index contributed by atoms with van der Waals surface area (Å²) >= 11 is 5.89. The van der Waals surface area contributed by atoms with Gasteiger partial charge in [0.15, 0.2) is 5.76 Å². The van der Waals surface area contributed by atoms with Gasteiger partial charge in [0.05, 0.1) is 5.75 Å². The molecule has 1 amide bonds. The summed E-state index contributed by atoms with van der Waals surface area (Å²) in [4.78, 5) is 14.3. The molecule has 26 heavy (non-hydrogen) atoms. The molecule has 0 unspecified atom stereocenters. The van der Waals surface area contributed by atoms with E-state index in [4.69, 9.17) is 16.0 Å². The molecule has 2 heterocycles. The summed E-state index contributed by atoms with van der Waals surface area (Å²) in [5.41, 5.74) is 0.834. The van der Waals surface area contributed by atoms with Crippen LogP contribution in [0.5, 0.6) is 0 Å². The van der Waals surface area contributed by atoms with Gasteiger partial charge in [-0.15, -0.1) is 0 Å². The summed E-state index contributed by atoms with van der Waals surface area (Å²) in [5, 5.41) is 0.630. The van der Waals surface area contributed by atoms with E-state index < -0.39 is 10.0 Å². The Morgan fingerprint density at radius 1 is 1.27 bits per heavy atom. The molecule has 6 nitrogen and oxygen atoms in total. The zero-order valence-corrected chi connectivity index (χ0v) is 16.0. The summed E-state index contributed by atoms with van der Waals surface area (Å²) < 4.78 is 31.9. The molecule has 1 atom stereocenters. The van der Waals surface area contributed by atoms with Crippen molar-refractivity contribution in [3.8, 4) is 11.3 Å². The van der Waals surface area contributed by atoms with E-state index in [1.54, 1.807) is 36.1 Å². The number of halogens is 1. The lowest BCUT2D eigenvalue weighted by Crippen LogP contribution is -2.49. The zero-order valence-electron chi connectivity index (χ0n) is 14.4. The van der Waals surface area contributed by atoms with Gasteiger partial charge in [-0.3, -0.25) is 4.79 Å². The van der Waals surface area contributed by atoms with Crippen molar-refractivity contribution < 1.29 is 17.6 Å². The van der Waals surface area contributed by atoms with Gasteiger partial charge in [0.25, 0.3) is 5.91 Å². The van der Waals surface area contributed by atoms with E-state index >= 15 is 0 Å². The fourth-order valence-electron chi connectivity index (χ4n) is 2.97. The second-order valence-corrected chi connectivity index (χ2v) is 8.76.